The molecule has 1 aliphatic rings. The Hall–Kier alpha value is -2.85. The van der Waals surface area contributed by atoms with Gasteiger partial charge in [0.05, 0.1) is 11.2 Å². The normalized spacial score (nSPS) is 17.7. The molecule has 0 radical (unpaired) electrons. The van der Waals surface area contributed by atoms with E-state index in [0.29, 0.717) is 11.0 Å². The number of nitrogens with zero attached hydrogens (tertiary/aromatic N) is 1. The van der Waals surface area contributed by atoms with E-state index in [1.54, 1.807) is 6.08 Å². The van der Waals surface area contributed by atoms with E-state index in [1.165, 1.54) is 6.07 Å². The third-order valence-corrected chi connectivity index (χ3v) is 5.63. The Labute approximate surface area is 191 Å². The minimum Gasteiger partial charge on any atom is -0.445 e. The molecule has 0 unspecified atom stereocenters. The molecule has 33 heavy (non-hydrogen) atoms. The smallest absolute Gasteiger partial charge is 0.445 e. The molecular weight excluding hydrogens is 436 g/mol. The Morgan fingerprint density at radius 3 is 2.27 bits per heavy atom. The molecule has 1 fully saturated rings. The SMILES string of the molecule is CC1(C)OB(C(=Cc2ccc(C(F)(F)F)nc2)CNC(=O)OCc2ccccc2)OC1(C)C. The van der Waals surface area contributed by atoms with Crippen molar-refractivity contribution in [3.8, 4) is 0 Å². The van der Waals surface area contributed by atoms with E-state index in [9.17, 15) is 18.0 Å². The number of aromatic nitrogens is 1. The molecule has 0 spiro atoms. The Kier molecular flexibility index (Phi) is 7.19. The van der Waals surface area contributed by atoms with E-state index < -0.39 is 36.3 Å². The van der Waals surface area contributed by atoms with Crippen molar-refractivity contribution in [2.45, 2.75) is 51.7 Å². The van der Waals surface area contributed by atoms with Crippen LogP contribution >= 0.6 is 0 Å². The molecule has 0 atom stereocenters. The fourth-order valence-corrected chi connectivity index (χ4v) is 3.02. The summed E-state index contributed by atoms with van der Waals surface area (Å²) in [6, 6.07) is 11.4. The van der Waals surface area contributed by atoms with Crippen LogP contribution in [0.5, 0.6) is 0 Å². The number of amides is 1. The van der Waals surface area contributed by atoms with Crippen LogP contribution in [0.25, 0.3) is 6.08 Å². The maximum absolute atomic E-state index is 12.8. The Morgan fingerprint density at radius 2 is 1.73 bits per heavy atom. The minimum absolute atomic E-state index is 0.00543. The van der Waals surface area contributed by atoms with Gasteiger partial charge in [-0.05, 0) is 50.4 Å². The molecule has 6 nitrogen and oxygen atoms in total. The first-order valence-electron chi connectivity index (χ1n) is 10.4. The first kappa shape index (κ1) is 24.8. The zero-order valence-corrected chi connectivity index (χ0v) is 18.9. The fraction of sp³-hybridized carbons (Fsp3) is 0.391. The van der Waals surface area contributed by atoms with E-state index in [-0.39, 0.29) is 13.2 Å². The second-order valence-electron chi connectivity index (χ2n) is 8.70. The average molecular weight is 462 g/mol. The number of nitrogens with one attached hydrogen (secondary N) is 1. The Bertz CT molecular complexity index is 977. The third-order valence-electron chi connectivity index (χ3n) is 5.63. The summed E-state index contributed by atoms with van der Waals surface area (Å²) in [7, 11) is -0.813. The van der Waals surface area contributed by atoms with Gasteiger partial charge in [-0.1, -0.05) is 42.5 Å². The standard InChI is InChI=1S/C23H26BF3N2O4/c1-21(2)22(3,4)33-24(32-21)18(12-17-10-11-19(28-13-17)23(25,26)27)14-29-20(30)31-15-16-8-6-5-7-9-16/h5-13H,14-15H2,1-4H3,(H,29,30). The van der Waals surface area contributed by atoms with Crippen molar-refractivity contribution in [1.29, 1.82) is 0 Å². The van der Waals surface area contributed by atoms with Crippen LogP contribution in [0, 0.1) is 0 Å². The largest absolute Gasteiger partial charge is 0.492 e. The van der Waals surface area contributed by atoms with Crippen molar-refractivity contribution in [1.82, 2.24) is 10.3 Å². The van der Waals surface area contributed by atoms with Gasteiger partial charge in [-0.15, -0.1) is 0 Å². The van der Waals surface area contributed by atoms with Gasteiger partial charge < -0.3 is 19.4 Å². The van der Waals surface area contributed by atoms with Crippen LogP contribution in [-0.2, 0) is 26.8 Å². The number of halogens is 3. The summed E-state index contributed by atoms with van der Waals surface area (Å²) in [5.74, 6) is 0. The lowest BCUT2D eigenvalue weighted by molar-refractivity contribution is -0.141. The zero-order chi connectivity index (χ0) is 24.3. The predicted molar refractivity (Wildman–Crippen MR) is 118 cm³/mol. The van der Waals surface area contributed by atoms with Gasteiger partial charge in [0.1, 0.15) is 12.3 Å². The Balaban J connectivity index is 1.74. The summed E-state index contributed by atoms with van der Waals surface area (Å²) in [6.45, 7) is 7.63. The highest BCUT2D eigenvalue weighted by Crippen LogP contribution is 2.38. The van der Waals surface area contributed by atoms with Crippen molar-refractivity contribution in [3.63, 3.8) is 0 Å². The molecule has 2 aromatic rings. The maximum atomic E-state index is 12.8. The molecule has 0 saturated carbocycles. The number of alkyl halides is 3. The van der Waals surface area contributed by atoms with E-state index in [1.807, 2.05) is 58.0 Å². The highest BCUT2D eigenvalue weighted by atomic mass is 19.4. The summed E-state index contributed by atoms with van der Waals surface area (Å²) in [5.41, 5.74) is -0.505. The minimum atomic E-state index is -4.53. The molecule has 1 aromatic carbocycles. The van der Waals surface area contributed by atoms with E-state index in [4.69, 9.17) is 14.0 Å². The van der Waals surface area contributed by atoms with E-state index >= 15 is 0 Å². The van der Waals surface area contributed by atoms with Gasteiger partial charge in [0, 0.05) is 12.7 Å². The topological polar surface area (TPSA) is 69.7 Å². The highest BCUT2D eigenvalue weighted by molar-refractivity contribution is 6.56. The molecule has 0 bridgehead atoms. The van der Waals surface area contributed by atoms with E-state index in [2.05, 4.69) is 10.3 Å². The number of hydrogen-bond acceptors (Lipinski definition) is 5. The molecule has 1 amide bonds. The average Bonchev–Trinajstić information content (AvgIpc) is 2.97. The molecule has 2 heterocycles. The van der Waals surface area contributed by atoms with Crippen LogP contribution in [0.2, 0.25) is 0 Å². The van der Waals surface area contributed by atoms with Gasteiger partial charge in [-0.25, -0.2) is 4.79 Å². The quantitative estimate of drug-likeness (QED) is 0.610. The molecule has 1 aromatic heterocycles. The van der Waals surface area contributed by atoms with Crippen molar-refractivity contribution < 1.29 is 32.0 Å². The number of pyridine rings is 1. The summed E-state index contributed by atoms with van der Waals surface area (Å²) in [5, 5.41) is 2.65. The second kappa shape index (κ2) is 9.57. The lowest BCUT2D eigenvalue weighted by Crippen LogP contribution is -2.41. The predicted octanol–water partition coefficient (Wildman–Crippen LogP) is 5.04. The number of carbonyl (C=O) groups excluding carboxylic acids is 1. The van der Waals surface area contributed by atoms with Gasteiger partial charge in [0.25, 0.3) is 0 Å². The Morgan fingerprint density at radius 1 is 1.09 bits per heavy atom. The molecular formula is C23H26BF3N2O4. The molecule has 1 N–H and O–H groups in total. The number of carbonyl (C=O) groups is 1. The summed E-state index contributed by atoms with van der Waals surface area (Å²) >= 11 is 0. The van der Waals surface area contributed by atoms with Crippen LogP contribution in [0.3, 0.4) is 0 Å². The fourth-order valence-electron chi connectivity index (χ4n) is 3.02. The van der Waals surface area contributed by atoms with Gasteiger partial charge in [-0.3, -0.25) is 4.98 Å². The zero-order valence-electron chi connectivity index (χ0n) is 18.9. The lowest BCUT2D eigenvalue weighted by atomic mass is 9.77. The highest BCUT2D eigenvalue weighted by Gasteiger charge is 2.52. The second-order valence-corrected chi connectivity index (χ2v) is 8.70. The van der Waals surface area contributed by atoms with Crippen molar-refractivity contribution in [2.75, 3.05) is 6.54 Å². The van der Waals surface area contributed by atoms with E-state index in [0.717, 1.165) is 17.8 Å². The molecule has 1 saturated heterocycles. The van der Waals surface area contributed by atoms with Gasteiger partial charge in [0.15, 0.2) is 0 Å². The molecule has 0 aliphatic carbocycles. The van der Waals surface area contributed by atoms with Crippen molar-refractivity contribution in [2.24, 2.45) is 0 Å². The van der Waals surface area contributed by atoms with Crippen molar-refractivity contribution >= 4 is 19.3 Å². The van der Waals surface area contributed by atoms with Crippen LogP contribution in [0.15, 0.2) is 54.1 Å². The summed E-state index contributed by atoms with van der Waals surface area (Å²) < 4.78 is 55.8. The monoisotopic (exact) mass is 462 g/mol. The van der Waals surface area contributed by atoms with Gasteiger partial charge in [-0.2, -0.15) is 13.2 Å². The molecule has 3 rings (SSSR count). The number of rotatable bonds is 6. The van der Waals surface area contributed by atoms with Crippen molar-refractivity contribution in [3.05, 3.63) is 71.0 Å². The first-order chi connectivity index (χ1) is 15.4. The molecule has 10 heteroatoms. The number of benzene rings is 1. The molecule has 176 valence electrons. The maximum Gasteiger partial charge on any atom is 0.492 e. The lowest BCUT2D eigenvalue weighted by Gasteiger charge is -2.32. The summed E-state index contributed by atoms with van der Waals surface area (Å²) in [4.78, 5) is 15.7. The van der Waals surface area contributed by atoms with Gasteiger partial charge in [0.2, 0.25) is 0 Å². The molecule has 1 aliphatic heterocycles. The number of ether oxygens (including phenoxy) is 1. The summed E-state index contributed by atoms with van der Waals surface area (Å²) in [6.07, 6.45) is -2.47. The van der Waals surface area contributed by atoms with Crippen LogP contribution < -0.4 is 5.32 Å². The van der Waals surface area contributed by atoms with Gasteiger partial charge >= 0.3 is 19.4 Å². The van der Waals surface area contributed by atoms with Crippen LogP contribution in [-0.4, -0.2) is 35.9 Å². The third kappa shape index (κ3) is 6.36. The van der Waals surface area contributed by atoms with Crippen LogP contribution in [0.1, 0.15) is 44.5 Å². The first-order valence-corrected chi connectivity index (χ1v) is 10.4. The number of hydrogen-bond donors (Lipinski definition) is 1. The number of alkyl carbamates (subject to hydrolysis) is 1. The van der Waals surface area contributed by atoms with Crippen LogP contribution in [0.4, 0.5) is 18.0 Å².